The van der Waals surface area contributed by atoms with E-state index in [2.05, 4.69) is 9.36 Å². The topological polar surface area (TPSA) is 90.9 Å². The fourth-order valence-electron chi connectivity index (χ4n) is 2.75. The number of benzene rings is 2. The van der Waals surface area contributed by atoms with Crippen LogP contribution < -0.4 is 13.8 Å². The van der Waals surface area contributed by atoms with Crippen molar-refractivity contribution in [2.75, 3.05) is 25.6 Å². The zero-order valence-corrected chi connectivity index (χ0v) is 18.8. The average Bonchev–Trinajstić information content (AvgIpc) is 3.22. The monoisotopic (exact) mass is 489 g/mol. The second-order valence-electron chi connectivity index (χ2n) is 6.31. The summed E-state index contributed by atoms with van der Waals surface area (Å²) in [6, 6.07) is 5.13. The zero-order chi connectivity index (χ0) is 23.5. The maximum Gasteiger partial charge on any atom is 0.269 e. The molecule has 0 spiro atoms. The van der Waals surface area contributed by atoms with Gasteiger partial charge in [-0.25, -0.2) is 30.9 Å². The lowest BCUT2D eigenvalue weighted by atomic mass is 10.2. The molecule has 0 aliphatic rings. The minimum absolute atomic E-state index is 0.00970. The predicted molar refractivity (Wildman–Crippen MR) is 110 cm³/mol. The van der Waals surface area contributed by atoms with Gasteiger partial charge in [-0.05, 0) is 12.1 Å². The van der Waals surface area contributed by atoms with Gasteiger partial charge in [-0.1, -0.05) is 0 Å². The van der Waals surface area contributed by atoms with Crippen molar-refractivity contribution < 1.29 is 35.8 Å². The van der Waals surface area contributed by atoms with Crippen LogP contribution in [0.5, 0.6) is 11.5 Å². The molecule has 0 fully saturated rings. The Kier molecular flexibility index (Phi) is 7.21. The van der Waals surface area contributed by atoms with Crippen molar-refractivity contribution in [1.29, 1.82) is 0 Å². The number of anilines is 1. The van der Waals surface area contributed by atoms with Gasteiger partial charge in [0.05, 0.1) is 20.8 Å². The number of rotatable bonds is 9. The van der Waals surface area contributed by atoms with E-state index in [0.717, 1.165) is 15.8 Å². The number of nitrogens with zero attached hydrogens (tertiary/aromatic N) is 3. The van der Waals surface area contributed by atoms with Gasteiger partial charge >= 0.3 is 0 Å². The summed E-state index contributed by atoms with van der Waals surface area (Å²) in [5, 5.41) is -0.126. The van der Waals surface area contributed by atoms with Gasteiger partial charge < -0.3 is 14.2 Å². The Labute approximate surface area is 186 Å². The molecule has 1 aromatic heterocycles. The number of halogens is 3. The first-order chi connectivity index (χ1) is 15.2. The van der Waals surface area contributed by atoms with E-state index in [1.54, 1.807) is 12.1 Å². The lowest BCUT2D eigenvalue weighted by Gasteiger charge is -2.23. The van der Waals surface area contributed by atoms with E-state index >= 15 is 0 Å². The molecule has 2 aromatic carbocycles. The molecule has 32 heavy (non-hydrogen) atoms. The molecule has 0 aliphatic carbocycles. The SMILES string of the molecule is COCc1nsc(N(Cc2ccc(OC)cc2OC)S(=O)(=O)c2cc(F)c(F)cc2F)n1. The standard InChI is InChI=1S/C19H18F3N3O5S2/c1-28-10-18-23-19(31-24-18)25(9-11-4-5-12(29-2)6-16(11)30-3)32(26,27)17-8-14(21)13(20)7-15(17)22/h4-8H,9-10H2,1-3H3. The lowest BCUT2D eigenvalue weighted by Crippen LogP contribution is -2.31. The van der Waals surface area contributed by atoms with Crippen molar-refractivity contribution >= 4 is 26.7 Å². The van der Waals surface area contributed by atoms with Crippen LogP contribution in [0.25, 0.3) is 0 Å². The quantitative estimate of drug-likeness (QED) is 0.425. The van der Waals surface area contributed by atoms with Crippen molar-refractivity contribution in [3.05, 3.63) is 59.2 Å². The Morgan fingerprint density at radius 1 is 1.00 bits per heavy atom. The third-order valence-corrected chi connectivity index (χ3v) is 6.94. The van der Waals surface area contributed by atoms with E-state index in [4.69, 9.17) is 14.2 Å². The average molecular weight is 489 g/mol. The zero-order valence-electron chi connectivity index (χ0n) is 17.1. The Morgan fingerprint density at radius 2 is 1.72 bits per heavy atom. The molecule has 0 saturated heterocycles. The lowest BCUT2D eigenvalue weighted by molar-refractivity contribution is 0.179. The van der Waals surface area contributed by atoms with Crippen LogP contribution in [0.15, 0.2) is 35.2 Å². The second-order valence-corrected chi connectivity index (χ2v) is 8.87. The largest absolute Gasteiger partial charge is 0.497 e. The smallest absolute Gasteiger partial charge is 0.269 e. The maximum absolute atomic E-state index is 14.4. The highest BCUT2D eigenvalue weighted by Crippen LogP contribution is 2.33. The number of hydrogen-bond donors (Lipinski definition) is 0. The molecule has 3 aromatic rings. The van der Waals surface area contributed by atoms with E-state index in [0.29, 0.717) is 11.3 Å². The Morgan fingerprint density at radius 3 is 2.38 bits per heavy atom. The van der Waals surface area contributed by atoms with Crippen LogP contribution in [-0.4, -0.2) is 39.1 Å². The summed E-state index contributed by atoms with van der Waals surface area (Å²) in [5.74, 6) is -3.52. The van der Waals surface area contributed by atoms with E-state index in [-0.39, 0.29) is 42.0 Å². The summed E-state index contributed by atoms with van der Waals surface area (Å²) in [6.07, 6.45) is 0. The first-order valence-electron chi connectivity index (χ1n) is 8.91. The van der Waals surface area contributed by atoms with Crippen molar-refractivity contribution in [1.82, 2.24) is 9.36 Å². The molecular formula is C19H18F3N3O5S2. The first kappa shape index (κ1) is 23.8. The number of hydrogen-bond acceptors (Lipinski definition) is 8. The molecule has 13 heteroatoms. The highest BCUT2D eigenvalue weighted by atomic mass is 32.2. The van der Waals surface area contributed by atoms with Crippen LogP contribution in [0.1, 0.15) is 11.4 Å². The molecule has 3 rings (SSSR count). The fourth-order valence-corrected chi connectivity index (χ4v) is 5.07. The maximum atomic E-state index is 14.4. The predicted octanol–water partition coefficient (Wildman–Crippen LogP) is 3.51. The van der Waals surface area contributed by atoms with Crippen molar-refractivity contribution in [3.63, 3.8) is 0 Å². The van der Waals surface area contributed by atoms with Crippen LogP contribution >= 0.6 is 11.5 Å². The van der Waals surface area contributed by atoms with Gasteiger partial charge in [-0.3, -0.25) is 0 Å². The van der Waals surface area contributed by atoms with Gasteiger partial charge in [0.1, 0.15) is 28.8 Å². The summed E-state index contributed by atoms with van der Waals surface area (Å²) in [5.41, 5.74) is 0.378. The molecule has 0 bridgehead atoms. The summed E-state index contributed by atoms with van der Waals surface area (Å²) in [6.45, 7) is -0.356. The molecule has 1 heterocycles. The molecule has 0 aliphatic heterocycles. The molecule has 172 valence electrons. The van der Waals surface area contributed by atoms with Crippen molar-refractivity contribution in [2.45, 2.75) is 18.0 Å². The number of methoxy groups -OCH3 is 3. The van der Waals surface area contributed by atoms with Crippen LogP contribution in [0.3, 0.4) is 0 Å². The molecule has 0 radical (unpaired) electrons. The minimum atomic E-state index is -4.73. The fraction of sp³-hybridized carbons (Fsp3) is 0.263. The molecular weight excluding hydrogens is 471 g/mol. The molecule has 0 saturated carbocycles. The van der Waals surface area contributed by atoms with Gasteiger partial charge in [0.2, 0.25) is 5.13 Å². The normalized spacial score (nSPS) is 11.4. The van der Waals surface area contributed by atoms with Crippen LogP contribution in [0.2, 0.25) is 0 Å². The molecule has 0 atom stereocenters. The highest BCUT2D eigenvalue weighted by molar-refractivity contribution is 7.93. The first-order valence-corrected chi connectivity index (χ1v) is 11.1. The Balaban J connectivity index is 2.14. The van der Waals surface area contributed by atoms with E-state index in [9.17, 15) is 21.6 Å². The van der Waals surface area contributed by atoms with Gasteiger partial charge in [0.15, 0.2) is 17.5 Å². The van der Waals surface area contributed by atoms with Gasteiger partial charge in [0.25, 0.3) is 10.0 Å². The molecule has 8 nitrogen and oxygen atoms in total. The molecule has 0 amide bonds. The van der Waals surface area contributed by atoms with Crippen molar-refractivity contribution in [2.24, 2.45) is 0 Å². The van der Waals surface area contributed by atoms with Crippen molar-refractivity contribution in [3.8, 4) is 11.5 Å². The Bertz CT molecular complexity index is 1220. The van der Waals surface area contributed by atoms with E-state index in [1.165, 1.54) is 27.4 Å². The van der Waals surface area contributed by atoms with Gasteiger partial charge in [0, 0.05) is 42.4 Å². The van der Waals surface area contributed by atoms with Crippen LogP contribution in [-0.2, 0) is 27.9 Å². The summed E-state index contributed by atoms with van der Waals surface area (Å²) < 4.78 is 88.4. The molecule has 0 N–H and O–H groups in total. The number of ether oxygens (including phenoxy) is 3. The Hall–Kier alpha value is -2.90. The molecule has 0 unspecified atom stereocenters. The minimum Gasteiger partial charge on any atom is -0.497 e. The summed E-state index contributed by atoms with van der Waals surface area (Å²) in [4.78, 5) is 3.07. The second kappa shape index (κ2) is 9.71. The van der Waals surface area contributed by atoms with Crippen LogP contribution in [0.4, 0.5) is 18.3 Å². The van der Waals surface area contributed by atoms with E-state index < -0.39 is 32.4 Å². The van der Waals surface area contributed by atoms with E-state index in [1.807, 2.05) is 0 Å². The summed E-state index contributed by atoms with van der Waals surface area (Å²) >= 11 is 0.723. The summed E-state index contributed by atoms with van der Waals surface area (Å²) in [7, 11) is -0.485. The number of sulfonamides is 1. The number of aromatic nitrogens is 2. The van der Waals surface area contributed by atoms with Crippen LogP contribution in [0, 0.1) is 17.5 Å². The third kappa shape index (κ3) is 4.79. The third-order valence-electron chi connectivity index (χ3n) is 4.30. The van der Waals surface area contributed by atoms with Gasteiger partial charge in [-0.2, -0.15) is 4.37 Å². The highest BCUT2D eigenvalue weighted by Gasteiger charge is 2.32. The van der Waals surface area contributed by atoms with Gasteiger partial charge in [-0.15, -0.1) is 0 Å².